The van der Waals surface area contributed by atoms with Crippen LogP contribution in [0, 0.1) is 6.92 Å². The van der Waals surface area contributed by atoms with E-state index in [1.54, 1.807) is 11.8 Å². The molecule has 0 atom stereocenters. The van der Waals surface area contributed by atoms with E-state index in [0.717, 1.165) is 5.03 Å². The number of rotatable bonds is 1. The summed E-state index contributed by atoms with van der Waals surface area (Å²) in [6, 6.07) is 4.28. The van der Waals surface area contributed by atoms with Crippen molar-refractivity contribution in [3.63, 3.8) is 0 Å². The summed E-state index contributed by atoms with van der Waals surface area (Å²) in [5.41, 5.74) is 0. The molecule has 0 amide bonds. The van der Waals surface area contributed by atoms with E-state index in [9.17, 15) is 0 Å². The zero-order valence-corrected chi connectivity index (χ0v) is 8.63. The fourth-order valence-electron chi connectivity index (χ4n) is 1.21. The van der Waals surface area contributed by atoms with Crippen molar-refractivity contribution < 1.29 is 0 Å². The number of aryl methyl sites for hydroxylation is 1. The predicted molar refractivity (Wildman–Crippen MR) is 56.1 cm³/mol. The number of hydrogen-bond acceptors (Lipinski definition) is 3. The molecule has 0 radical (unpaired) electrons. The van der Waals surface area contributed by atoms with Crippen LogP contribution in [0.25, 0.3) is 10.1 Å². The summed E-state index contributed by atoms with van der Waals surface area (Å²) < 4.78 is 1.32. The zero-order chi connectivity index (χ0) is 8.55. The first-order valence-electron chi connectivity index (χ1n) is 3.70. The summed E-state index contributed by atoms with van der Waals surface area (Å²) in [5, 5.41) is 2.46. The summed E-state index contributed by atoms with van der Waals surface area (Å²) in [4.78, 5) is 5.67. The largest absolute Gasteiger partial charge is 0.248 e. The third-order valence-corrected chi connectivity index (χ3v) is 3.62. The monoisotopic (exact) mass is 195 g/mol. The number of pyridine rings is 1. The lowest BCUT2D eigenvalue weighted by Crippen LogP contribution is -1.75. The van der Waals surface area contributed by atoms with Crippen molar-refractivity contribution in [1.82, 2.24) is 4.98 Å². The molecule has 0 saturated heterocycles. The molecule has 0 N–H and O–H groups in total. The van der Waals surface area contributed by atoms with Crippen LogP contribution in [-0.4, -0.2) is 11.2 Å². The van der Waals surface area contributed by atoms with Gasteiger partial charge in [0.05, 0.1) is 4.70 Å². The minimum absolute atomic E-state index is 1.14. The number of thiophene rings is 1. The number of nitrogens with zero attached hydrogens (tertiary/aromatic N) is 1. The molecular weight excluding hydrogens is 186 g/mol. The maximum absolute atomic E-state index is 4.31. The van der Waals surface area contributed by atoms with Crippen LogP contribution in [0.2, 0.25) is 0 Å². The van der Waals surface area contributed by atoms with Gasteiger partial charge in [0.1, 0.15) is 5.03 Å². The molecule has 0 aliphatic carbocycles. The van der Waals surface area contributed by atoms with Crippen LogP contribution in [0.3, 0.4) is 0 Å². The Hall–Kier alpha value is -0.540. The maximum atomic E-state index is 4.31. The Morgan fingerprint density at radius 1 is 1.50 bits per heavy atom. The lowest BCUT2D eigenvalue weighted by atomic mass is 10.3. The highest BCUT2D eigenvalue weighted by Gasteiger charge is 2.03. The molecule has 0 unspecified atom stereocenters. The summed E-state index contributed by atoms with van der Waals surface area (Å²) in [7, 11) is 0. The molecule has 0 fully saturated rings. The van der Waals surface area contributed by atoms with Gasteiger partial charge in [-0.15, -0.1) is 23.1 Å². The van der Waals surface area contributed by atoms with Crippen LogP contribution < -0.4 is 0 Å². The van der Waals surface area contributed by atoms with Crippen LogP contribution in [0.15, 0.2) is 23.4 Å². The lowest BCUT2D eigenvalue weighted by Gasteiger charge is -1.94. The van der Waals surface area contributed by atoms with Gasteiger partial charge in [-0.25, -0.2) is 4.98 Å². The molecule has 0 aliphatic rings. The average molecular weight is 195 g/mol. The molecule has 2 heterocycles. The van der Waals surface area contributed by atoms with Crippen molar-refractivity contribution in [3.8, 4) is 0 Å². The molecule has 2 aromatic heterocycles. The molecule has 0 saturated carbocycles. The Bertz CT molecular complexity index is 406. The van der Waals surface area contributed by atoms with Gasteiger partial charge < -0.3 is 0 Å². The van der Waals surface area contributed by atoms with Crippen LogP contribution >= 0.6 is 23.1 Å². The van der Waals surface area contributed by atoms with Crippen molar-refractivity contribution in [3.05, 3.63) is 23.2 Å². The molecule has 2 rings (SSSR count). The van der Waals surface area contributed by atoms with E-state index < -0.39 is 0 Å². The van der Waals surface area contributed by atoms with Gasteiger partial charge in [0.15, 0.2) is 0 Å². The van der Waals surface area contributed by atoms with E-state index in [0.29, 0.717) is 0 Å². The normalized spacial score (nSPS) is 10.8. The SMILES string of the molecule is CSc1nccc2cc(C)sc12. The van der Waals surface area contributed by atoms with Crippen LogP contribution in [0.5, 0.6) is 0 Å². The molecule has 12 heavy (non-hydrogen) atoms. The van der Waals surface area contributed by atoms with Crippen LogP contribution in [-0.2, 0) is 0 Å². The van der Waals surface area contributed by atoms with Crippen LogP contribution in [0.1, 0.15) is 4.88 Å². The van der Waals surface area contributed by atoms with E-state index >= 15 is 0 Å². The molecule has 0 aromatic carbocycles. The fourth-order valence-corrected chi connectivity index (χ4v) is 2.95. The molecule has 2 aromatic rings. The maximum Gasteiger partial charge on any atom is 0.114 e. The van der Waals surface area contributed by atoms with E-state index in [1.807, 2.05) is 17.5 Å². The molecule has 62 valence electrons. The van der Waals surface area contributed by atoms with Gasteiger partial charge in [0, 0.05) is 11.1 Å². The van der Waals surface area contributed by atoms with Gasteiger partial charge in [-0.1, -0.05) is 0 Å². The van der Waals surface area contributed by atoms with Crippen molar-refractivity contribution in [1.29, 1.82) is 0 Å². The second-order valence-electron chi connectivity index (χ2n) is 2.60. The molecule has 3 heteroatoms. The third-order valence-electron chi connectivity index (χ3n) is 1.72. The first-order valence-corrected chi connectivity index (χ1v) is 5.74. The average Bonchev–Trinajstić information content (AvgIpc) is 2.44. The summed E-state index contributed by atoms with van der Waals surface area (Å²) in [6.07, 6.45) is 3.94. The molecular formula is C9H9NS2. The molecule has 0 spiro atoms. The van der Waals surface area contributed by atoms with Gasteiger partial charge in [0.2, 0.25) is 0 Å². The predicted octanol–water partition coefficient (Wildman–Crippen LogP) is 3.33. The first-order chi connectivity index (χ1) is 5.81. The van der Waals surface area contributed by atoms with E-state index in [2.05, 4.69) is 30.3 Å². The van der Waals surface area contributed by atoms with Crippen molar-refractivity contribution in [2.45, 2.75) is 11.9 Å². The Labute approximate surface area is 79.8 Å². The number of fused-ring (bicyclic) bond motifs is 1. The highest BCUT2D eigenvalue weighted by Crippen LogP contribution is 2.31. The fraction of sp³-hybridized carbons (Fsp3) is 0.222. The molecule has 0 bridgehead atoms. The summed E-state index contributed by atoms with van der Waals surface area (Å²) in [5.74, 6) is 0. The standard InChI is InChI=1S/C9H9NS2/c1-6-5-7-3-4-10-9(11-2)8(7)12-6/h3-5H,1-2H3. The minimum atomic E-state index is 1.14. The Morgan fingerprint density at radius 2 is 2.33 bits per heavy atom. The highest BCUT2D eigenvalue weighted by molar-refractivity contribution is 7.98. The minimum Gasteiger partial charge on any atom is -0.248 e. The summed E-state index contributed by atoms with van der Waals surface area (Å²) in [6.45, 7) is 2.13. The van der Waals surface area contributed by atoms with Crippen molar-refractivity contribution >= 4 is 33.2 Å². The van der Waals surface area contributed by atoms with Gasteiger partial charge in [0.25, 0.3) is 0 Å². The third kappa shape index (κ3) is 1.23. The first kappa shape index (κ1) is 8.08. The van der Waals surface area contributed by atoms with Crippen molar-refractivity contribution in [2.24, 2.45) is 0 Å². The van der Waals surface area contributed by atoms with Gasteiger partial charge in [-0.05, 0) is 30.7 Å². The Morgan fingerprint density at radius 3 is 3.08 bits per heavy atom. The lowest BCUT2D eigenvalue weighted by molar-refractivity contribution is 1.19. The van der Waals surface area contributed by atoms with Gasteiger partial charge in [-0.3, -0.25) is 0 Å². The quantitative estimate of drug-likeness (QED) is 0.647. The number of hydrogen-bond donors (Lipinski definition) is 0. The van der Waals surface area contributed by atoms with E-state index in [1.165, 1.54) is 15.0 Å². The Kier molecular flexibility index (Phi) is 2.07. The Balaban J connectivity index is 2.78. The number of aromatic nitrogens is 1. The van der Waals surface area contributed by atoms with Gasteiger partial charge in [-0.2, -0.15) is 0 Å². The number of thioether (sulfide) groups is 1. The second kappa shape index (κ2) is 3.07. The topological polar surface area (TPSA) is 12.9 Å². The van der Waals surface area contributed by atoms with Crippen molar-refractivity contribution in [2.75, 3.05) is 6.26 Å². The van der Waals surface area contributed by atoms with Crippen LogP contribution in [0.4, 0.5) is 0 Å². The second-order valence-corrected chi connectivity index (χ2v) is 4.65. The molecule has 1 nitrogen and oxygen atoms in total. The highest BCUT2D eigenvalue weighted by atomic mass is 32.2. The zero-order valence-electron chi connectivity index (χ0n) is 7.00. The molecule has 0 aliphatic heterocycles. The smallest absolute Gasteiger partial charge is 0.114 e. The van der Waals surface area contributed by atoms with E-state index in [4.69, 9.17) is 0 Å². The van der Waals surface area contributed by atoms with E-state index in [-0.39, 0.29) is 0 Å². The van der Waals surface area contributed by atoms with Gasteiger partial charge >= 0.3 is 0 Å². The summed E-state index contributed by atoms with van der Waals surface area (Å²) >= 11 is 3.53.